The van der Waals surface area contributed by atoms with Crippen molar-refractivity contribution in [3.05, 3.63) is 81.5 Å². The second-order valence-electron chi connectivity index (χ2n) is 10.9. The first-order chi connectivity index (χ1) is 18.8. The standard InChI is InChI=1S/C30H32BrClFN3O4/c1-19-16-35(25-8-6-7-9-26(25)36(17-19)29(38)40-30(2,3)4)28(37)34(5)18-20-10-11-21(31)14-27(20)39-22-12-13-24(33)23(32)15-22/h6-15,19H,16-18H2,1-5H3. The molecule has 10 heteroatoms. The summed E-state index contributed by atoms with van der Waals surface area (Å²) in [4.78, 5) is 31.9. The molecule has 0 bridgehead atoms. The summed E-state index contributed by atoms with van der Waals surface area (Å²) in [5.74, 6) is 0.313. The van der Waals surface area contributed by atoms with Gasteiger partial charge in [-0.2, -0.15) is 0 Å². The van der Waals surface area contributed by atoms with Gasteiger partial charge in [0, 0.05) is 36.2 Å². The molecular weight excluding hydrogens is 601 g/mol. The molecule has 1 aliphatic heterocycles. The minimum absolute atomic E-state index is 0.0212. The second-order valence-corrected chi connectivity index (χ2v) is 12.2. The Labute approximate surface area is 247 Å². The molecule has 0 N–H and O–H groups in total. The Morgan fingerprint density at radius 1 is 1.05 bits per heavy atom. The lowest BCUT2D eigenvalue weighted by Crippen LogP contribution is -2.43. The number of benzene rings is 3. The van der Waals surface area contributed by atoms with Gasteiger partial charge in [-0.05, 0) is 63.1 Å². The van der Waals surface area contributed by atoms with Crippen LogP contribution in [0.2, 0.25) is 5.02 Å². The van der Waals surface area contributed by atoms with Crippen LogP contribution in [0.1, 0.15) is 33.3 Å². The molecule has 0 saturated carbocycles. The van der Waals surface area contributed by atoms with Gasteiger partial charge in [0.25, 0.3) is 0 Å². The molecule has 3 aromatic rings. The number of fused-ring (bicyclic) bond motifs is 1. The summed E-state index contributed by atoms with van der Waals surface area (Å²) < 4.78 is 26.1. The van der Waals surface area contributed by atoms with E-state index in [1.54, 1.807) is 27.8 Å². The van der Waals surface area contributed by atoms with E-state index in [0.717, 1.165) is 10.0 Å². The fourth-order valence-corrected chi connectivity index (χ4v) is 4.93. The Hall–Kier alpha value is -3.30. The first-order valence-electron chi connectivity index (χ1n) is 12.9. The van der Waals surface area contributed by atoms with Crippen molar-refractivity contribution in [1.29, 1.82) is 0 Å². The Morgan fingerprint density at radius 3 is 2.35 bits per heavy atom. The van der Waals surface area contributed by atoms with Crippen molar-refractivity contribution in [2.24, 2.45) is 5.92 Å². The molecule has 0 spiro atoms. The van der Waals surface area contributed by atoms with Crippen LogP contribution in [-0.2, 0) is 11.3 Å². The maximum absolute atomic E-state index is 13.9. The van der Waals surface area contributed by atoms with Gasteiger partial charge < -0.3 is 14.4 Å². The van der Waals surface area contributed by atoms with Crippen LogP contribution in [0.25, 0.3) is 0 Å². The molecule has 7 nitrogen and oxygen atoms in total. The smallest absolute Gasteiger partial charge is 0.414 e. The summed E-state index contributed by atoms with van der Waals surface area (Å²) in [6.07, 6.45) is -0.452. The number of carbonyl (C=O) groups excluding carboxylic acids is 2. The zero-order chi connectivity index (χ0) is 29.2. The minimum Gasteiger partial charge on any atom is -0.457 e. The van der Waals surface area contributed by atoms with Gasteiger partial charge in [-0.1, -0.05) is 52.7 Å². The highest BCUT2D eigenvalue weighted by Gasteiger charge is 2.34. The van der Waals surface area contributed by atoms with Gasteiger partial charge in [0.1, 0.15) is 22.9 Å². The molecule has 1 unspecified atom stereocenters. The largest absolute Gasteiger partial charge is 0.457 e. The highest BCUT2D eigenvalue weighted by Crippen LogP contribution is 2.36. The fraction of sp³-hybridized carbons (Fsp3) is 0.333. The predicted octanol–water partition coefficient (Wildman–Crippen LogP) is 8.48. The third kappa shape index (κ3) is 7.06. The van der Waals surface area contributed by atoms with Crippen molar-refractivity contribution in [1.82, 2.24) is 4.90 Å². The van der Waals surface area contributed by atoms with Crippen LogP contribution in [0.4, 0.5) is 25.4 Å². The lowest BCUT2D eigenvalue weighted by Gasteiger charge is -2.30. The first kappa shape index (κ1) is 29.7. The van der Waals surface area contributed by atoms with Gasteiger partial charge in [0.15, 0.2) is 0 Å². The van der Waals surface area contributed by atoms with E-state index in [1.807, 2.05) is 64.1 Å². The number of nitrogens with zero attached hydrogens (tertiary/aromatic N) is 3. The van der Waals surface area contributed by atoms with Gasteiger partial charge in [0.05, 0.1) is 22.9 Å². The maximum Gasteiger partial charge on any atom is 0.414 e. The topological polar surface area (TPSA) is 62.3 Å². The van der Waals surface area contributed by atoms with Crippen LogP contribution in [0.5, 0.6) is 11.5 Å². The summed E-state index contributed by atoms with van der Waals surface area (Å²) in [5, 5.41) is -0.0456. The highest BCUT2D eigenvalue weighted by atomic mass is 79.9. The Balaban J connectivity index is 1.60. The van der Waals surface area contributed by atoms with Gasteiger partial charge in [-0.15, -0.1) is 0 Å². The third-order valence-corrected chi connectivity index (χ3v) is 6.96. The van der Waals surface area contributed by atoms with Crippen molar-refractivity contribution in [2.45, 2.75) is 39.8 Å². The number of hydrogen-bond acceptors (Lipinski definition) is 4. The molecule has 0 fully saturated rings. The Kier molecular flexibility index (Phi) is 8.95. The molecule has 4 rings (SSSR count). The molecule has 3 amide bonds. The number of anilines is 2. The van der Waals surface area contributed by atoms with Gasteiger partial charge in [-0.3, -0.25) is 9.80 Å². The van der Waals surface area contributed by atoms with Crippen LogP contribution in [0.15, 0.2) is 65.1 Å². The van der Waals surface area contributed by atoms with Crippen molar-refractivity contribution < 1.29 is 23.5 Å². The number of rotatable bonds is 4. The molecule has 1 atom stereocenters. The number of urea groups is 1. The van der Waals surface area contributed by atoms with Crippen LogP contribution < -0.4 is 14.5 Å². The van der Waals surface area contributed by atoms with Crippen molar-refractivity contribution in [2.75, 3.05) is 29.9 Å². The zero-order valence-electron chi connectivity index (χ0n) is 23.1. The molecule has 40 heavy (non-hydrogen) atoms. The number of hydrogen-bond donors (Lipinski definition) is 0. The van der Waals surface area contributed by atoms with E-state index in [1.165, 1.54) is 18.2 Å². The normalized spacial score (nSPS) is 15.2. The zero-order valence-corrected chi connectivity index (χ0v) is 25.4. The van der Waals surface area contributed by atoms with Crippen molar-refractivity contribution in [3.63, 3.8) is 0 Å². The predicted molar refractivity (Wildman–Crippen MR) is 159 cm³/mol. The van der Waals surface area contributed by atoms with Crippen LogP contribution in [0, 0.1) is 11.7 Å². The number of amides is 3. The van der Waals surface area contributed by atoms with E-state index >= 15 is 0 Å². The lowest BCUT2D eigenvalue weighted by atomic mass is 10.1. The van der Waals surface area contributed by atoms with E-state index in [2.05, 4.69) is 15.9 Å². The van der Waals surface area contributed by atoms with Gasteiger partial charge in [-0.25, -0.2) is 14.0 Å². The SMILES string of the molecule is CC1CN(C(=O)OC(C)(C)C)c2ccccc2N(C(=O)N(C)Cc2ccc(Br)cc2Oc2ccc(F)c(Cl)c2)C1. The summed E-state index contributed by atoms with van der Waals surface area (Å²) in [6.45, 7) is 8.54. The summed E-state index contributed by atoms with van der Waals surface area (Å²) in [7, 11) is 1.72. The van der Waals surface area contributed by atoms with Gasteiger partial charge >= 0.3 is 12.1 Å². The fourth-order valence-electron chi connectivity index (χ4n) is 4.42. The van der Waals surface area contributed by atoms with Crippen molar-refractivity contribution >= 4 is 51.0 Å². The number of carbonyl (C=O) groups is 2. The molecule has 0 radical (unpaired) electrons. The molecule has 0 saturated heterocycles. The average Bonchev–Trinajstić information content (AvgIpc) is 3.03. The molecule has 0 aromatic heterocycles. The van der Waals surface area contributed by atoms with E-state index < -0.39 is 17.5 Å². The molecule has 3 aromatic carbocycles. The number of para-hydroxylation sites is 2. The highest BCUT2D eigenvalue weighted by molar-refractivity contribution is 9.10. The summed E-state index contributed by atoms with van der Waals surface area (Å²) >= 11 is 9.40. The molecule has 1 heterocycles. The van der Waals surface area contributed by atoms with Crippen molar-refractivity contribution in [3.8, 4) is 11.5 Å². The number of halogens is 3. The van der Waals surface area contributed by atoms with E-state index in [4.69, 9.17) is 21.1 Å². The van der Waals surface area contributed by atoms with Crippen LogP contribution in [0.3, 0.4) is 0 Å². The monoisotopic (exact) mass is 631 g/mol. The van der Waals surface area contributed by atoms with Crippen LogP contribution >= 0.6 is 27.5 Å². The Morgan fingerprint density at radius 2 is 1.70 bits per heavy atom. The van der Waals surface area contributed by atoms with E-state index in [-0.39, 0.29) is 23.5 Å². The average molecular weight is 633 g/mol. The Bertz CT molecular complexity index is 1410. The third-order valence-electron chi connectivity index (χ3n) is 6.18. The summed E-state index contributed by atoms with van der Waals surface area (Å²) in [6, 6.07) is 16.8. The first-order valence-corrected chi connectivity index (χ1v) is 14.0. The molecule has 1 aliphatic rings. The molecule has 212 valence electrons. The molecule has 0 aliphatic carbocycles. The quantitative estimate of drug-likeness (QED) is 0.289. The molecular formula is C30H32BrClFN3O4. The van der Waals surface area contributed by atoms with Gasteiger partial charge in [0.2, 0.25) is 0 Å². The minimum atomic E-state index is -0.652. The number of ether oxygens (including phenoxy) is 2. The van der Waals surface area contributed by atoms with E-state index in [0.29, 0.717) is 36.0 Å². The lowest BCUT2D eigenvalue weighted by molar-refractivity contribution is 0.0577. The maximum atomic E-state index is 13.9. The van der Waals surface area contributed by atoms with Crippen LogP contribution in [-0.4, -0.2) is 42.8 Å². The van der Waals surface area contributed by atoms with E-state index in [9.17, 15) is 14.0 Å². The second kappa shape index (κ2) is 12.1. The summed E-state index contributed by atoms with van der Waals surface area (Å²) in [5.41, 5.74) is 1.33.